The fourth-order valence-corrected chi connectivity index (χ4v) is 2.14. The zero-order chi connectivity index (χ0) is 9.90. The van der Waals surface area contributed by atoms with E-state index in [1.165, 1.54) is 5.56 Å². The topological polar surface area (TPSA) is 0 Å². The smallest absolute Gasteiger partial charge is 0.104 e. The maximum atomic E-state index is 2.33. The molecule has 0 unspecified atom stereocenters. The average molecular weight is 194 g/mol. The van der Waals surface area contributed by atoms with E-state index >= 15 is 0 Å². The first-order valence-electron chi connectivity index (χ1n) is 4.89. The summed E-state index contributed by atoms with van der Waals surface area (Å²) in [7, 11) is 6.70. The van der Waals surface area contributed by atoms with E-state index in [4.69, 9.17) is 0 Å². The van der Waals surface area contributed by atoms with Crippen LogP contribution in [-0.2, 0) is 6.54 Å². The minimum Gasteiger partial charge on any atom is -0.327 e. The van der Waals surface area contributed by atoms with Gasteiger partial charge in [-0.3, -0.25) is 0 Å². The van der Waals surface area contributed by atoms with Gasteiger partial charge in [0, 0.05) is 5.56 Å². The Hall–Kier alpha value is -0.603. The first kappa shape index (κ1) is 10.5. The van der Waals surface area contributed by atoms with Crippen molar-refractivity contribution >= 4 is 14.7 Å². The Morgan fingerprint density at radius 1 is 1.08 bits per heavy atom. The summed E-state index contributed by atoms with van der Waals surface area (Å²) in [5.74, 6) is 0. The molecule has 1 aromatic carbocycles. The van der Waals surface area contributed by atoms with E-state index in [-0.39, 0.29) is 9.52 Å². The molecule has 0 aliphatic rings. The minimum absolute atomic E-state index is 0.0283. The lowest BCUT2D eigenvalue weighted by atomic mass is 10.2. The summed E-state index contributed by atoms with van der Waals surface area (Å²) in [6, 6.07) is 9.12. The average Bonchev–Trinajstić information content (AvgIpc) is 2.03. The van der Waals surface area contributed by atoms with Crippen LogP contribution in [0.2, 0.25) is 6.55 Å². The molecule has 0 N–H and O–H groups in total. The van der Waals surface area contributed by atoms with Crippen molar-refractivity contribution in [2.45, 2.75) is 13.1 Å². The van der Waals surface area contributed by atoms with Gasteiger partial charge in [0.2, 0.25) is 0 Å². The standard InChI is InChI=1S/C11H20NSi/c1-12(2,3)9-10-5-7-11(13-4)8-6-10/h5-8H,9,13H2,1-4H3/q+1. The molecule has 1 rings (SSSR count). The Bertz CT molecular complexity index is 258. The van der Waals surface area contributed by atoms with Gasteiger partial charge in [-0.15, -0.1) is 0 Å². The number of benzene rings is 1. The number of quaternary nitrogens is 1. The fraction of sp³-hybridized carbons (Fsp3) is 0.455. The summed E-state index contributed by atoms with van der Waals surface area (Å²) in [6.07, 6.45) is 0. The van der Waals surface area contributed by atoms with Crippen LogP contribution in [0.4, 0.5) is 0 Å². The van der Waals surface area contributed by atoms with Crippen LogP contribution < -0.4 is 5.19 Å². The minimum atomic E-state index is 0.0283. The van der Waals surface area contributed by atoms with Gasteiger partial charge in [-0.2, -0.15) is 0 Å². The molecule has 0 spiro atoms. The number of hydrogen-bond acceptors (Lipinski definition) is 0. The zero-order valence-corrected chi connectivity index (χ0v) is 10.6. The van der Waals surface area contributed by atoms with Gasteiger partial charge in [0.1, 0.15) is 6.54 Å². The van der Waals surface area contributed by atoms with E-state index in [0.717, 1.165) is 11.0 Å². The van der Waals surface area contributed by atoms with Gasteiger partial charge >= 0.3 is 0 Å². The Kier molecular flexibility index (Phi) is 3.28. The van der Waals surface area contributed by atoms with Gasteiger partial charge in [-0.05, 0) is 0 Å². The lowest BCUT2D eigenvalue weighted by Gasteiger charge is -2.23. The highest BCUT2D eigenvalue weighted by atomic mass is 28.2. The molecule has 0 aromatic heterocycles. The zero-order valence-electron chi connectivity index (χ0n) is 9.17. The van der Waals surface area contributed by atoms with Gasteiger partial charge in [0.05, 0.1) is 30.7 Å². The highest BCUT2D eigenvalue weighted by Gasteiger charge is 2.07. The summed E-state index contributed by atoms with van der Waals surface area (Å²) in [5.41, 5.74) is 1.44. The van der Waals surface area contributed by atoms with Crippen molar-refractivity contribution in [1.29, 1.82) is 0 Å². The second-order valence-corrected chi connectivity index (χ2v) is 6.14. The molecule has 1 aromatic rings. The maximum absolute atomic E-state index is 2.33. The molecular formula is C11H20NSi+. The van der Waals surface area contributed by atoms with Crippen molar-refractivity contribution in [3.8, 4) is 0 Å². The molecule has 0 saturated heterocycles. The second-order valence-electron chi connectivity index (χ2n) is 4.62. The van der Waals surface area contributed by atoms with Crippen LogP contribution in [0.5, 0.6) is 0 Å². The molecule has 2 heteroatoms. The first-order chi connectivity index (χ1) is 6.01. The Morgan fingerprint density at radius 2 is 1.62 bits per heavy atom. The summed E-state index contributed by atoms with van der Waals surface area (Å²) < 4.78 is 1.00. The first-order valence-corrected chi connectivity index (χ1v) is 7.01. The normalized spacial score (nSPS) is 12.6. The Labute approximate surface area is 83.8 Å². The molecule has 0 saturated carbocycles. The largest absolute Gasteiger partial charge is 0.327 e. The molecule has 0 aliphatic heterocycles. The highest BCUT2D eigenvalue weighted by molar-refractivity contribution is 6.51. The van der Waals surface area contributed by atoms with Gasteiger partial charge in [-0.25, -0.2) is 0 Å². The van der Waals surface area contributed by atoms with Crippen molar-refractivity contribution < 1.29 is 4.48 Å². The third-order valence-corrected chi connectivity index (χ3v) is 3.38. The van der Waals surface area contributed by atoms with Crippen LogP contribution in [0, 0.1) is 0 Å². The van der Waals surface area contributed by atoms with Gasteiger partial charge in [0.25, 0.3) is 0 Å². The van der Waals surface area contributed by atoms with Crippen LogP contribution >= 0.6 is 0 Å². The third kappa shape index (κ3) is 3.74. The van der Waals surface area contributed by atoms with Crippen molar-refractivity contribution in [3.05, 3.63) is 29.8 Å². The summed E-state index contributed by atoms with van der Waals surface area (Å²) >= 11 is 0. The molecule has 0 atom stereocenters. The van der Waals surface area contributed by atoms with Gasteiger partial charge in [-0.1, -0.05) is 36.0 Å². The predicted molar refractivity (Wildman–Crippen MR) is 62.2 cm³/mol. The van der Waals surface area contributed by atoms with Crippen LogP contribution in [0.3, 0.4) is 0 Å². The quantitative estimate of drug-likeness (QED) is 0.492. The summed E-state index contributed by atoms with van der Waals surface area (Å²) in [4.78, 5) is 0. The summed E-state index contributed by atoms with van der Waals surface area (Å²) in [5, 5.41) is 1.56. The monoisotopic (exact) mass is 194 g/mol. The van der Waals surface area contributed by atoms with E-state index in [0.29, 0.717) is 0 Å². The lowest BCUT2D eigenvalue weighted by Crippen LogP contribution is -2.33. The molecule has 0 bridgehead atoms. The fourth-order valence-electron chi connectivity index (χ4n) is 1.43. The van der Waals surface area contributed by atoms with E-state index in [1.54, 1.807) is 5.19 Å². The van der Waals surface area contributed by atoms with Gasteiger partial charge < -0.3 is 4.48 Å². The van der Waals surface area contributed by atoms with Gasteiger partial charge in [0.15, 0.2) is 0 Å². The number of hydrogen-bond donors (Lipinski definition) is 0. The Morgan fingerprint density at radius 3 is 2.00 bits per heavy atom. The third-order valence-electron chi connectivity index (χ3n) is 2.09. The second kappa shape index (κ2) is 4.07. The van der Waals surface area contributed by atoms with E-state index in [9.17, 15) is 0 Å². The van der Waals surface area contributed by atoms with Crippen LogP contribution in [0.15, 0.2) is 24.3 Å². The van der Waals surface area contributed by atoms with Crippen molar-refractivity contribution in [1.82, 2.24) is 0 Å². The highest BCUT2D eigenvalue weighted by Crippen LogP contribution is 2.04. The molecule has 1 nitrogen and oxygen atoms in total. The van der Waals surface area contributed by atoms with Crippen LogP contribution in [0.1, 0.15) is 5.56 Å². The number of nitrogens with zero attached hydrogens (tertiary/aromatic N) is 1. The van der Waals surface area contributed by atoms with Crippen molar-refractivity contribution in [2.75, 3.05) is 21.1 Å². The molecule has 13 heavy (non-hydrogen) atoms. The van der Waals surface area contributed by atoms with Crippen LogP contribution in [0.25, 0.3) is 0 Å². The van der Waals surface area contributed by atoms with E-state index in [2.05, 4.69) is 52.0 Å². The maximum Gasteiger partial charge on any atom is 0.104 e. The molecule has 0 fully saturated rings. The Balaban J connectivity index is 2.70. The number of rotatable bonds is 3. The predicted octanol–water partition coefficient (Wildman–Crippen LogP) is 0.735. The molecule has 0 radical (unpaired) electrons. The van der Waals surface area contributed by atoms with Crippen molar-refractivity contribution in [2.24, 2.45) is 0 Å². The molecular weight excluding hydrogens is 174 g/mol. The molecule has 72 valence electrons. The van der Waals surface area contributed by atoms with Crippen LogP contribution in [-0.4, -0.2) is 35.1 Å². The molecule has 0 aliphatic carbocycles. The van der Waals surface area contributed by atoms with E-state index in [1.807, 2.05) is 0 Å². The molecule has 0 amide bonds. The molecule has 0 heterocycles. The van der Waals surface area contributed by atoms with Crippen molar-refractivity contribution in [3.63, 3.8) is 0 Å². The SMILES string of the molecule is C[SiH2]c1ccc(C[N+](C)(C)C)cc1. The van der Waals surface area contributed by atoms with E-state index < -0.39 is 0 Å². The lowest BCUT2D eigenvalue weighted by molar-refractivity contribution is -0.884. The summed E-state index contributed by atoms with van der Waals surface area (Å²) in [6.45, 7) is 3.44.